The molecule has 90 valence electrons. The molecule has 16 heavy (non-hydrogen) atoms. The smallest absolute Gasteiger partial charge is 0.372 e. The highest BCUT2D eigenvalue weighted by Gasteiger charge is 2.37. The first-order valence-electron chi connectivity index (χ1n) is 5.72. The fraction of sp³-hybridized carbons (Fsp3) is 0.500. The molecule has 0 spiro atoms. The van der Waals surface area contributed by atoms with Gasteiger partial charge in [0, 0.05) is 17.7 Å². The molecule has 1 aromatic rings. The van der Waals surface area contributed by atoms with Crippen LogP contribution in [0.1, 0.15) is 20.8 Å². The van der Waals surface area contributed by atoms with Crippen molar-refractivity contribution in [3.8, 4) is 0 Å². The van der Waals surface area contributed by atoms with Gasteiger partial charge in [-0.2, -0.15) is 0 Å². The van der Waals surface area contributed by atoms with Crippen LogP contribution >= 0.6 is 15.9 Å². The highest BCUT2D eigenvalue weighted by Crippen LogP contribution is 2.16. The van der Waals surface area contributed by atoms with Gasteiger partial charge in [-0.1, -0.05) is 35.0 Å². The SMILES string of the molecule is CCO[Si](CC)(OCC)c1ccc(Br)cc1. The zero-order valence-corrected chi connectivity index (χ0v) is 12.7. The molecule has 0 unspecified atom stereocenters. The molecule has 0 N–H and O–H groups in total. The maximum absolute atomic E-state index is 5.95. The molecule has 1 aromatic carbocycles. The summed E-state index contributed by atoms with van der Waals surface area (Å²) in [5, 5.41) is 1.21. The minimum absolute atomic E-state index is 0.704. The van der Waals surface area contributed by atoms with Gasteiger partial charge in [-0.05, 0) is 37.2 Å². The lowest BCUT2D eigenvalue weighted by Gasteiger charge is -2.29. The van der Waals surface area contributed by atoms with E-state index in [9.17, 15) is 0 Å². The van der Waals surface area contributed by atoms with Gasteiger partial charge in [0.05, 0.1) is 0 Å². The highest BCUT2D eigenvalue weighted by atomic mass is 79.9. The van der Waals surface area contributed by atoms with Crippen molar-refractivity contribution in [1.82, 2.24) is 0 Å². The number of hydrogen-bond donors (Lipinski definition) is 0. The van der Waals surface area contributed by atoms with Crippen molar-refractivity contribution in [1.29, 1.82) is 0 Å². The number of benzene rings is 1. The summed E-state index contributed by atoms with van der Waals surface area (Å²) in [6.45, 7) is 7.59. The zero-order chi connectivity index (χ0) is 12.0. The average molecular weight is 303 g/mol. The molecule has 0 fully saturated rings. The predicted octanol–water partition coefficient (Wildman–Crippen LogP) is 3.19. The Morgan fingerprint density at radius 1 is 1.00 bits per heavy atom. The van der Waals surface area contributed by atoms with Crippen LogP contribution < -0.4 is 5.19 Å². The summed E-state index contributed by atoms with van der Waals surface area (Å²) in [4.78, 5) is 0. The predicted molar refractivity (Wildman–Crippen MR) is 73.3 cm³/mol. The second-order valence-corrected chi connectivity index (χ2v) is 7.76. The molecule has 0 heterocycles. The van der Waals surface area contributed by atoms with Crippen molar-refractivity contribution in [2.75, 3.05) is 13.2 Å². The Morgan fingerprint density at radius 2 is 1.50 bits per heavy atom. The summed E-state index contributed by atoms with van der Waals surface area (Å²) in [5.74, 6) is 0. The van der Waals surface area contributed by atoms with Crippen LogP contribution in [0.25, 0.3) is 0 Å². The fourth-order valence-corrected chi connectivity index (χ4v) is 4.89. The number of halogens is 1. The molecule has 0 amide bonds. The van der Waals surface area contributed by atoms with Crippen molar-refractivity contribution in [3.63, 3.8) is 0 Å². The molecular weight excluding hydrogens is 284 g/mol. The molecule has 0 atom stereocenters. The van der Waals surface area contributed by atoms with Gasteiger partial charge in [0.2, 0.25) is 0 Å². The minimum atomic E-state index is -2.19. The van der Waals surface area contributed by atoms with Gasteiger partial charge >= 0.3 is 8.56 Å². The highest BCUT2D eigenvalue weighted by molar-refractivity contribution is 9.10. The van der Waals surface area contributed by atoms with Crippen molar-refractivity contribution in [2.24, 2.45) is 0 Å². The molecule has 2 nitrogen and oxygen atoms in total. The van der Waals surface area contributed by atoms with Crippen molar-refractivity contribution >= 4 is 29.7 Å². The maximum Gasteiger partial charge on any atom is 0.372 e. The van der Waals surface area contributed by atoms with E-state index in [4.69, 9.17) is 8.85 Å². The third-order valence-electron chi connectivity index (χ3n) is 2.50. The lowest BCUT2D eigenvalue weighted by molar-refractivity contribution is 0.197. The Morgan fingerprint density at radius 3 is 1.88 bits per heavy atom. The molecule has 0 bridgehead atoms. The molecule has 0 saturated heterocycles. The van der Waals surface area contributed by atoms with Crippen LogP contribution in [0.15, 0.2) is 28.7 Å². The van der Waals surface area contributed by atoms with Crippen molar-refractivity contribution < 1.29 is 8.85 Å². The molecule has 0 aromatic heterocycles. The van der Waals surface area contributed by atoms with E-state index in [0.29, 0.717) is 13.2 Å². The largest absolute Gasteiger partial charge is 0.391 e. The summed E-state index contributed by atoms with van der Waals surface area (Å²) in [6, 6.07) is 9.24. The lowest BCUT2D eigenvalue weighted by atomic mass is 10.4. The van der Waals surface area contributed by atoms with E-state index in [1.165, 1.54) is 5.19 Å². The molecule has 4 heteroatoms. The van der Waals surface area contributed by atoms with Gasteiger partial charge in [-0.25, -0.2) is 0 Å². The van der Waals surface area contributed by atoms with E-state index in [-0.39, 0.29) is 0 Å². The van der Waals surface area contributed by atoms with Gasteiger partial charge in [0.1, 0.15) is 0 Å². The monoisotopic (exact) mass is 302 g/mol. The van der Waals surface area contributed by atoms with Crippen molar-refractivity contribution in [3.05, 3.63) is 28.7 Å². The van der Waals surface area contributed by atoms with Gasteiger partial charge in [0.15, 0.2) is 0 Å². The number of rotatable bonds is 6. The first kappa shape index (κ1) is 13.9. The molecule has 0 saturated carbocycles. The van der Waals surface area contributed by atoms with Crippen LogP contribution in [0.2, 0.25) is 6.04 Å². The topological polar surface area (TPSA) is 18.5 Å². The quantitative estimate of drug-likeness (QED) is 0.751. The fourth-order valence-electron chi connectivity index (χ4n) is 1.79. The maximum atomic E-state index is 5.95. The average Bonchev–Trinajstić information content (AvgIpc) is 2.29. The Bertz CT molecular complexity index is 307. The van der Waals surface area contributed by atoms with Crippen LogP contribution in [-0.4, -0.2) is 21.8 Å². The third kappa shape index (κ3) is 3.17. The van der Waals surface area contributed by atoms with Crippen molar-refractivity contribution in [2.45, 2.75) is 26.8 Å². The normalized spacial score (nSPS) is 11.8. The van der Waals surface area contributed by atoms with Crippen LogP contribution in [0.4, 0.5) is 0 Å². The third-order valence-corrected chi connectivity index (χ3v) is 6.69. The molecule has 0 aliphatic heterocycles. The molecular formula is C12H19BrO2Si. The Labute approximate surface area is 107 Å². The summed E-state index contributed by atoms with van der Waals surface area (Å²) < 4.78 is 13.0. The van der Waals surface area contributed by atoms with E-state index < -0.39 is 8.56 Å². The zero-order valence-electron chi connectivity index (χ0n) is 10.1. The van der Waals surface area contributed by atoms with Crippen LogP contribution in [0.5, 0.6) is 0 Å². The minimum Gasteiger partial charge on any atom is -0.391 e. The Kier molecular flexibility index (Phi) is 5.68. The van der Waals surface area contributed by atoms with Crippen LogP contribution in [-0.2, 0) is 8.85 Å². The summed E-state index contributed by atoms with van der Waals surface area (Å²) >= 11 is 3.45. The van der Waals surface area contributed by atoms with E-state index in [2.05, 4.69) is 35.0 Å². The Hall–Kier alpha value is -0.163. The second-order valence-electron chi connectivity index (χ2n) is 3.48. The van der Waals surface area contributed by atoms with Gasteiger partial charge in [0.25, 0.3) is 0 Å². The van der Waals surface area contributed by atoms with Crippen LogP contribution in [0, 0.1) is 0 Å². The van der Waals surface area contributed by atoms with E-state index in [1.807, 2.05) is 26.0 Å². The summed E-state index contributed by atoms with van der Waals surface area (Å²) in [5.41, 5.74) is 0. The Balaban J connectivity index is 3.02. The van der Waals surface area contributed by atoms with Gasteiger partial charge < -0.3 is 8.85 Å². The molecule has 0 aliphatic carbocycles. The first-order chi connectivity index (χ1) is 7.68. The number of hydrogen-bond acceptors (Lipinski definition) is 2. The van der Waals surface area contributed by atoms with Gasteiger partial charge in [-0.15, -0.1) is 0 Å². The first-order valence-corrected chi connectivity index (χ1v) is 8.54. The van der Waals surface area contributed by atoms with Crippen LogP contribution in [0.3, 0.4) is 0 Å². The van der Waals surface area contributed by atoms with E-state index in [1.54, 1.807) is 0 Å². The molecule has 1 rings (SSSR count). The summed E-state index contributed by atoms with van der Waals surface area (Å²) in [7, 11) is -2.19. The second kappa shape index (κ2) is 6.54. The lowest BCUT2D eigenvalue weighted by Crippen LogP contribution is -2.53. The van der Waals surface area contributed by atoms with Gasteiger partial charge in [-0.3, -0.25) is 0 Å². The molecule has 0 aliphatic rings. The molecule has 0 radical (unpaired) electrons. The van der Waals surface area contributed by atoms with E-state index >= 15 is 0 Å². The standard InChI is InChI=1S/C12H19BrO2Si/c1-4-14-16(6-3,15-5-2)12-9-7-11(13)8-10-12/h7-10H,4-6H2,1-3H3. The van der Waals surface area contributed by atoms with E-state index in [0.717, 1.165) is 10.5 Å². The summed E-state index contributed by atoms with van der Waals surface area (Å²) in [6.07, 6.45) is 0.